The third-order valence-corrected chi connectivity index (χ3v) is 7.39. The van der Waals surface area contributed by atoms with Crippen molar-refractivity contribution in [1.29, 1.82) is 0 Å². The first-order chi connectivity index (χ1) is 15.3. The molecule has 0 radical (unpaired) electrons. The largest absolute Gasteiger partial charge is 0.396 e. The second-order valence-corrected chi connectivity index (χ2v) is 10.3. The van der Waals surface area contributed by atoms with Crippen molar-refractivity contribution in [3.8, 4) is 0 Å². The lowest BCUT2D eigenvalue weighted by molar-refractivity contribution is 0.117. The van der Waals surface area contributed by atoms with E-state index in [-0.39, 0.29) is 13.2 Å². The van der Waals surface area contributed by atoms with Crippen molar-refractivity contribution < 1.29 is 19.7 Å². The number of aliphatic hydroxyl groups is 2. The lowest BCUT2D eigenvalue weighted by atomic mass is 10.4. The van der Waals surface area contributed by atoms with Crippen LogP contribution in [0.1, 0.15) is 25.7 Å². The highest BCUT2D eigenvalue weighted by atomic mass is 32.2. The first-order valence-corrected chi connectivity index (χ1v) is 13.6. The lowest BCUT2D eigenvalue weighted by Crippen LogP contribution is -1.99. The maximum atomic E-state index is 8.72. The lowest BCUT2D eigenvalue weighted by Gasteiger charge is -2.07. The van der Waals surface area contributed by atoms with Crippen molar-refractivity contribution in [3.05, 3.63) is 48.5 Å². The van der Waals surface area contributed by atoms with E-state index in [0.29, 0.717) is 13.2 Å². The van der Waals surface area contributed by atoms with Crippen LogP contribution in [0.15, 0.2) is 68.1 Å². The molecule has 2 N–H and O–H groups in total. The second kappa shape index (κ2) is 17.8. The Kier molecular flexibility index (Phi) is 15.3. The summed E-state index contributed by atoms with van der Waals surface area (Å²) in [7, 11) is 0. The minimum atomic E-state index is 0.200. The maximum Gasteiger partial charge on any atom is 0.0487 e. The molecule has 0 unspecified atom stereocenters. The molecular weight excluding hydrogens is 448 g/mol. The van der Waals surface area contributed by atoms with E-state index in [1.807, 2.05) is 23.5 Å². The Morgan fingerprint density at radius 1 is 0.516 bits per heavy atom. The molecule has 0 atom stereocenters. The first kappa shape index (κ1) is 26.6. The summed E-state index contributed by atoms with van der Waals surface area (Å²) in [6.45, 7) is 3.21. The van der Waals surface area contributed by atoms with Crippen LogP contribution in [0.3, 0.4) is 0 Å². The molecule has 172 valence electrons. The SMILES string of the molecule is OCCCOCCCSc1ccc(Sc2ccc(SCCCOCCCO)cc2)cc1. The molecule has 0 saturated heterocycles. The zero-order valence-electron chi connectivity index (χ0n) is 18.0. The molecule has 0 aliphatic rings. The molecular formula is C24H34O4S3. The molecule has 31 heavy (non-hydrogen) atoms. The van der Waals surface area contributed by atoms with Crippen molar-refractivity contribution in [2.45, 2.75) is 45.3 Å². The Morgan fingerprint density at radius 3 is 1.26 bits per heavy atom. The van der Waals surface area contributed by atoms with Crippen LogP contribution in [0, 0.1) is 0 Å². The normalized spacial score (nSPS) is 11.2. The Morgan fingerprint density at radius 2 is 0.871 bits per heavy atom. The Bertz CT molecular complexity index is 621. The smallest absolute Gasteiger partial charge is 0.0487 e. The topological polar surface area (TPSA) is 58.9 Å². The van der Waals surface area contributed by atoms with Gasteiger partial charge in [0, 0.05) is 70.7 Å². The minimum absolute atomic E-state index is 0.200. The van der Waals surface area contributed by atoms with Gasteiger partial charge in [0.2, 0.25) is 0 Å². The Hall–Kier alpha value is -0.670. The van der Waals surface area contributed by atoms with Gasteiger partial charge in [-0.05, 0) is 74.2 Å². The summed E-state index contributed by atoms with van der Waals surface area (Å²) in [5, 5.41) is 17.4. The highest BCUT2D eigenvalue weighted by molar-refractivity contribution is 8.00. The predicted molar refractivity (Wildman–Crippen MR) is 133 cm³/mol. The van der Waals surface area contributed by atoms with Gasteiger partial charge >= 0.3 is 0 Å². The molecule has 0 saturated carbocycles. The fraction of sp³-hybridized carbons (Fsp3) is 0.500. The van der Waals surface area contributed by atoms with Crippen molar-refractivity contribution in [2.24, 2.45) is 0 Å². The molecule has 2 rings (SSSR count). The van der Waals surface area contributed by atoms with Crippen molar-refractivity contribution in [2.75, 3.05) is 51.1 Å². The van der Waals surface area contributed by atoms with Gasteiger partial charge in [-0.15, -0.1) is 23.5 Å². The Balaban J connectivity index is 1.61. The summed E-state index contributed by atoms with van der Waals surface area (Å²) in [6.07, 6.45) is 3.48. The standard InChI is InChI=1S/C24H34O4S3/c25-13-1-15-27-17-3-19-29-21-5-9-23(10-6-21)31-24-11-7-22(8-12-24)30-20-4-18-28-16-2-14-26/h5-12,25-26H,1-4,13-20H2. The summed E-state index contributed by atoms with van der Waals surface area (Å²) >= 11 is 5.49. The zero-order chi connectivity index (χ0) is 22.0. The van der Waals surface area contributed by atoms with Crippen LogP contribution in [0.5, 0.6) is 0 Å². The number of hydrogen-bond donors (Lipinski definition) is 2. The van der Waals surface area contributed by atoms with Crippen molar-refractivity contribution in [3.63, 3.8) is 0 Å². The number of hydrogen-bond acceptors (Lipinski definition) is 7. The summed E-state index contributed by atoms with van der Waals surface area (Å²) < 4.78 is 10.9. The molecule has 0 aromatic heterocycles. The molecule has 7 heteroatoms. The van der Waals surface area contributed by atoms with E-state index in [1.165, 1.54) is 19.6 Å². The molecule has 4 nitrogen and oxygen atoms in total. The summed E-state index contributed by atoms with van der Waals surface area (Å²) in [5.74, 6) is 2.08. The van der Waals surface area contributed by atoms with Gasteiger partial charge in [0.25, 0.3) is 0 Å². The van der Waals surface area contributed by atoms with E-state index in [4.69, 9.17) is 19.7 Å². The minimum Gasteiger partial charge on any atom is -0.396 e. The van der Waals surface area contributed by atoms with Gasteiger partial charge in [0.15, 0.2) is 0 Å². The average Bonchev–Trinajstić information content (AvgIpc) is 2.80. The van der Waals surface area contributed by atoms with E-state index in [1.54, 1.807) is 11.8 Å². The average molecular weight is 483 g/mol. The molecule has 0 fully saturated rings. The highest BCUT2D eigenvalue weighted by Gasteiger charge is 2.01. The summed E-state index contributed by atoms with van der Waals surface area (Å²) in [4.78, 5) is 5.06. The maximum absolute atomic E-state index is 8.72. The van der Waals surface area contributed by atoms with E-state index in [2.05, 4.69) is 48.5 Å². The van der Waals surface area contributed by atoms with Gasteiger partial charge in [-0.3, -0.25) is 0 Å². The third kappa shape index (κ3) is 12.8. The van der Waals surface area contributed by atoms with Crippen LogP contribution in [-0.2, 0) is 9.47 Å². The van der Waals surface area contributed by atoms with Gasteiger partial charge in [-0.2, -0.15) is 0 Å². The van der Waals surface area contributed by atoms with Crippen molar-refractivity contribution >= 4 is 35.3 Å². The van der Waals surface area contributed by atoms with Crippen LogP contribution in [0.2, 0.25) is 0 Å². The molecule has 0 amide bonds. The quantitative estimate of drug-likeness (QED) is 0.212. The highest BCUT2D eigenvalue weighted by Crippen LogP contribution is 2.31. The second-order valence-electron chi connectivity index (χ2n) is 6.83. The zero-order valence-corrected chi connectivity index (χ0v) is 20.5. The van der Waals surface area contributed by atoms with Crippen LogP contribution in [0.4, 0.5) is 0 Å². The van der Waals surface area contributed by atoms with Crippen LogP contribution in [-0.4, -0.2) is 61.4 Å². The van der Waals surface area contributed by atoms with Gasteiger partial charge < -0.3 is 19.7 Å². The number of thioether (sulfide) groups is 2. The molecule has 0 aliphatic carbocycles. The molecule has 2 aromatic carbocycles. The van der Waals surface area contributed by atoms with Gasteiger partial charge in [-0.25, -0.2) is 0 Å². The molecule has 0 heterocycles. The predicted octanol–water partition coefficient (Wildman–Crippen LogP) is 5.60. The molecule has 2 aromatic rings. The number of rotatable bonds is 18. The van der Waals surface area contributed by atoms with E-state index >= 15 is 0 Å². The van der Waals surface area contributed by atoms with Crippen LogP contribution in [0.25, 0.3) is 0 Å². The number of ether oxygens (including phenoxy) is 2. The molecule has 0 spiro atoms. The monoisotopic (exact) mass is 482 g/mol. The van der Waals surface area contributed by atoms with Gasteiger partial charge in [0.05, 0.1) is 0 Å². The number of benzene rings is 2. The fourth-order valence-corrected chi connectivity index (χ4v) is 5.05. The molecule has 0 bridgehead atoms. The summed E-state index contributed by atoms with van der Waals surface area (Å²) in [5.41, 5.74) is 0. The fourth-order valence-electron chi connectivity index (χ4n) is 2.58. The summed E-state index contributed by atoms with van der Waals surface area (Å²) in [6, 6.07) is 17.5. The van der Waals surface area contributed by atoms with Gasteiger partial charge in [0.1, 0.15) is 0 Å². The van der Waals surface area contributed by atoms with Gasteiger partial charge in [-0.1, -0.05) is 11.8 Å². The van der Waals surface area contributed by atoms with E-state index in [9.17, 15) is 0 Å². The first-order valence-electron chi connectivity index (χ1n) is 10.8. The third-order valence-electron chi connectivity index (χ3n) is 4.18. The van der Waals surface area contributed by atoms with Crippen LogP contribution < -0.4 is 0 Å². The van der Waals surface area contributed by atoms with E-state index in [0.717, 1.165) is 50.4 Å². The van der Waals surface area contributed by atoms with E-state index < -0.39 is 0 Å². The Labute approximate surface area is 199 Å². The number of aliphatic hydroxyl groups excluding tert-OH is 2. The molecule has 0 aliphatic heterocycles. The van der Waals surface area contributed by atoms with Crippen molar-refractivity contribution in [1.82, 2.24) is 0 Å². The van der Waals surface area contributed by atoms with Crippen LogP contribution >= 0.6 is 35.3 Å².